The van der Waals surface area contributed by atoms with Crippen molar-refractivity contribution in [3.63, 3.8) is 0 Å². The number of rotatable bonds is 6. The molecule has 0 N–H and O–H groups in total. The molecule has 3 heterocycles. The molecule has 0 aliphatic carbocycles. The first-order valence-corrected chi connectivity index (χ1v) is 10.1. The molecule has 1 aromatic carbocycles. The van der Waals surface area contributed by atoms with E-state index >= 15 is 0 Å². The van der Waals surface area contributed by atoms with Crippen LogP contribution in [0.25, 0.3) is 0 Å². The van der Waals surface area contributed by atoms with Gasteiger partial charge < -0.3 is 19.1 Å². The lowest BCUT2D eigenvalue weighted by atomic mass is 10.0. The number of morpholine rings is 1. The molecule has 0 amide bonds. The quantitative estimate of drug-likeness (QED) is 0.748. The molecule has 2 aliphatic rings. The summed E-state index contributed by atoms with van der Waals surface area (Å²) in [6.07, 6.45) is 1.96. The van der Waals surface area contributed by atoms with E-state index in [-0.39, 0.29) is 18.3 Å². The maximum absolute atomic E-state index is 5.97. The molecule has 2 aromatic rings. The molecule has 0 spiro atoms. The highest BCUT2D eigenvalue weighted by molar-refractivity contribution is 6.14. The summed E-state index contributed by atoms with van der Waals surface area (Å²) < 4.78 is 17.0. The minimum Gasteiger partial charge on any atom is -0.488 e. The molecular formula is C22H28N4O3. The molecule has 7 heteroatoms. The molecule has 29 heavy (non-hydrogen) atoms. The Hall–Kier alpha value is -2.51. The summed E-state index contributed by atoms with van der Waals surface area (Å²) in [5.74, 6) is 1.72. The molecule has 0 bridgehead atoms. The van der Waals surface area contributed by atoms with Crippen LogP contribution >= 0.6 is 0 Å². The minimum absolute atomic E-state index is 0.0178. The van der Waals surface area contributed by atoms with Crippen LogP contribution in [0.1, 0.15) is 37.6 Å². The van der Waals surface area contributed by atoms with Crippen LogP contribution in [-0.4, -0.2) is 60.8 Å². The van der Waals surface area contributed by atoms with Gasteiger partial charge in [0.15, 0.2) is 0 Å². The van der Waals surface area contributed by atoms with E-state index in [1.165, 1.54) is 5.56 Å². The molecular weight excluding hydrogens is 368 g/mol. The summed E-state index contributed by atoms with van der Waals surface area (Å²) in [5, 5.41) is 0. The predicted molar refractivity (Wildman–Crippen MR) is 112 cm³/mol. The van der Waals surface area contributed by atoms with Gasteiger partial charge in [0.25, 0.3) is 0 Å². The molecule has 0 saturated carbocycles. The zero-order chi connectivity index (χ0) is 20.4. The van der Waals surface area contributed by atoms with Gasteiger partial charge in [0, 0.05) is 31.8 Å². The van der Waals surface area contributed by atoms with Gasteiger partial charge in [0.1, 0.15) is 24.0 Å². The first kappa shape index (κ1) is 19.8. The third-order valence-corrected chi connectivity index (χ3v) is 5.12. The van der Waals surface area contributed by atoms with Crippen LogP contribution in [0.2, 0.25) is 0 Å². The number of ether oxygens (including phenoxy) is 3. The Kier molecular flexibility index (Phi) is 5.78. The highest BCUT2D eigenvalue weighted by Gasteiger charge is 2.25. The van der Waals surface area contributed by atoms with Crippen LogP contribution in [0.4, 0.5) is 5.82 Å². The molecule has 4 rings (SSSR count). The largest absolute Gasteiger partial charge is 0.488 e. The zero-order valence-electron chi connectivity index (χ0n) is 17.5. The van der Waals surface area contributed by atoms with Crippen LogP contribution in [0, 0.1) is 0 Å². The normalized spacial score (nSPS) is 22.2. The van der Waals surface area contributed by atoms with E-state index < -0.39 is 0 Å². The minimum atomic E-state index is -0.0178. The summed E-state index contributed by atoms with van der Waals surface area (Å²) in [6.45, 7) is 9.01. The molecule has 3 atom stereocenters. The Morgan fingerprint density at radius 1 is 1.17 bits per heavy atom. The van der Waals surface area contributed by atoms with Crippen molar-refractivity contribution in [3.8, 4) is 5.75 Å². The topological polar surface area (TPSA) is 69.1 Å². The third kappa shape index (κ3) is 4.41. The predicted octanol–water partition coefficient (Wildman–Crippen LogP) is 2.85. The number of aliphatic imine (C=N–C) groups is 1. The van der Waals surface area contributed by atoms with Crippen molar-refractivity contribution in [2.75, 3.05) is 31.7 Å². The monoisotopic (exact) mass is 396 g/mol. The summed E-state index contributed by atoms with van der Waals surface area (Å²) >= 11 is 0. The molecule has 1 aromatic heterocycles. The third-order valence-electron chi connectivity index (χ3n) is 5.12. The van der Waals surface area contributed by atoms with E-state index in [4.69, 9.17) is 19.2 Å². The van der Waals surface area contributed by atoms with Crippen LogP contribution in [0.15, 0.2) is 35.6 Å². The van der Waals surface area contributed by atoms with E-state index in [9.17, 15) is 0 Å². The molecule has 0 unspecified atom stereocenters. The lowest BCUT2D eigenvalue weighted by Crippen LogP contribution is -2.45. The van der Waals surface area contributed by atoms with E-state index in [1.807, 2.05) is 25.1 Å². The van der Waals surface area contributed by atoms with Crippen molar-refractivity contribution < 1.29 is 14.2 Å². The number of hydrogen-bond donors (Lipinski definition) is 0. The van der Waals surface area contributed by atoms with Crippen LogP contribution in [0.5, 0.6) is 5.75 Å². The van der Waals surface area contributed by atoms with Crippen molar-refractivity contribution in [1.29, 1.82) is 0 Å². The maximum atomic E-state index is 5.97. The van der Waals surface area contributed by atoms with Gasteiger partial charge in [-0.05, 0) is 38.5 Å². The summed E-state index contributed by atoms with van der Waals surface area (Å²) in [6, 6.07) is 8.15. The fourth-order valence-corrected chi connectivity index (χ4v) is 3.97. The van der Waals surface area contributed by atoms with Gasteiger partial charge in [-0.15, -0.1) is 0 Å². The van der Waals surface area contributed by atoms with E-state index in [0.717, 1.165) is 41.6 Å². The average molecular weight is 396 g/mol. The van der Waals surface area contributed by atoms with Crippen LogP contribution in [-0.2, 0) is 16.0 Å². The van der Waals surface area contributed by atoms with E-state index in [1.54, 1.807) is 13.4 Å². The van der Waals surface area contributed by atoms with Crippen molar-refractivity contribution >= 4 is 11.5 Å². The second kappa shape index (κ2) is 8.47. The molecule has 1 fully saturated rings. The smallest absolute Gasteiger partial charge is 0.132 e. The van der Waals surface area contributed by atoms with Gasteiger partial charge in [-0.3, -0.25) is 4.99 Å². The Balaban J connectivity index is 1.58. The number of hydrogen-bond acceptors (Lipinski definition) is 7. The highest BCUT2D eigenvalue weighted by Crippen LogP contribution is 2.28. The second-order valence-electron chi connectivity index (χ2n) is 7.79. The van der Waals surface area contributed by atoms with Gasteiger partial charge in [-0.25, -0.2) is 9.97 Å². The number of anilines is 1. The Morgan fingerprint density at radius 2 is 1.97 bits per heavy atom. The number of aromatic nitrogens is 2. The maximum Gasteiger partial charge on any atom is 0.132 e. The van der Waals surface area contributed by atoms with Crippen LogP contribution in [0.3, 0.4) is 0 Å². The molecule has 0 radical (unpaired) electrons. The lowest BCUT2D eigenvalue weighted by Gasteiger charge is -2.36. The first-order valence-electron chi connectivity index (χ1n) is 10.1. The first-order chi connectivity index (χ1) is 14.0. The molecule has 1 saturated heterocycles. The number of fused-ring (bicyclic) bond motifs is 1. The fourth-order valence-electron chi connectivity index (χ4n) is 3.97. The van der Waals surface area contributed by atoms with E-state index in [0.29, 0.717) is 13.2 Å². The van der Waals surface area contributed by atoms with Crippen molar-refractivity contribution in [2.45, 2.75) is 45.6 Å². The Bertz CT molecular complexity index is 891. The van der Waals surface area contributed by atoms with Gasteiger partial charge in [-0.2, -0.15) is 0 Å². The lowest BCUT2D eigenvalue weighted by molar-refractivity contribution is -0.00546. The van der Waals surface area contributed by atoms with Crippen molar-refractivity contribution in [3.05, 3.63) is 47.4 Å². The second-order valence-corrected chi connectivity index (χ2v) is 7.79. The molecule has 2 aliphatic heterocycles. The SMILES string of the molecule is COC[C@H](C)Oc1ccc2c(c1)C(c1cc(N3C[C@@H](C)O[C@@H](C)C3)ncn1)=NC2. The van der Waals surface area contributed by atoms with Crippen molar-refractivity contribution in [2.24, 2.45) is 4.99 Å². The van der Waals surface area contributed by atoms with Crippen LogP contribution < -0.4 is 9.64 Å². The standard InChI is InChI=1S/C22H28N4O3/c1-14-10-26(11-15(2)28-14)21-8-20(24-13-25-21)22-19-7-18(29-16(3)12-27-4)6-5-17(19)9-23-22/h5-8,13-16H,9-12H2,1-4H3/t14-,15+,16-/m0/s1. The van der Waals surface area contributed by atoms with E-state index in [2.05, 4.69) is 34.8 Å². The summed E-state index contributed by atoms with van der Waals surface area (Å²) in [5.41, 5.74) is 3.98. The summed E-state index contributed by atoms with van der Waals surface area (Å²) in [7, 11) is 1.68. The molecule has 7 nitrogen and oxygen atoms in total. The number of benzene rings is 1. The van der Waals surface area contributed by atoms with Gasteiger partial charge >= 0.3 is 0 Å². The Labute approximate surface area is 171 Å². The van der Waals surface area contributed by atoms with Crippen molar-refractivity contribution in [1.82, 2.24) is 9.97 Å². The number of nitrogens with zero attached hydrogens (tertiary/aromatic N) is 4. The average Bonchev–Trinajstić information content (AvgIpc) is 3.11. The zero-order valence-corrected chi connectivity index (χ0v) is 17.5. The Morgan fingerprint density at radius 3 is 2.72 bits per heavy atom. The molecule has 154 valence electrons. The van der Waals surface area contributed by atoms with Gasteiger partial charge in [-0.1, -0.05) is 6.07 Å². The number of methoxy groups -OCH3 is 1. The van der Waals surface area contributed by atoms with Gasteiger partial charge in [0.2, 0.25) is 0 Å². The summed E-state index contributed by atoms with van der Waals surface area (Å²) in [4.78, 5) is 16.0. The highest BCUT2D eigenvalue weighted by atomic mass is 16.5. The van der Waals surface area contributed by atoms with Gasteiger partial charge in [0.05, 0.1) is 36.8 Å². The fraction of sp³-hybridized carbons (Fsp3) is 0.500.